The largest absolute Gasteiger partial charge is 0.356 e. The molecule has 1 aliphatic heterocycles. The number of benzene rings is 1. The molecule has 4 rings (SSSR count). The van der Waals surface area contributed by atoms with Crippen LogP contribution in [0.3, 0.4) is 0 Å². The van der Waals surface area contributed by atoms with E-state index in [0.29, 0.717) is 17.1 Å². The summed E-state index contributed by atoms with van der Waals surface area (Å²) in [6, 6.07) is 11.1. The average Bonchev–Trinajstić information content (AvgIpc) is 3.22. The highest BCUT2D eigenvalue weighted by atomic mass is 35.5. The molecule has 0 saturated carbocycles. The molecule has 144 valence electrons. The Morgan fingerprint density at radius 3 is 2.68 bits per heavy atom. The van der Waals surface area contributed by atoms with Gasteiger partial charge in [0, 0.05) is 42.6 Å². The van der Waals surface area contributed by atoms with Gasteiger partial charge in [-0.15, -0.1) is 0 Å². The van der Waals surface area contributed by atoms with Crippen molar-refractivity contribution in [2.45, 2.75) is 25.8 Å². The lowest BCUT2D eigenvalue weighted by Crippen LogP contribution is -2.33. The Bertz CT molecular complexity index is 947. The molecule has 0 radical (unpaired) electrons. The van der Waals surface area contributed by atoms with Crippen LogP contribution in [0, 0.1) is 0 Å². The third-order valence-corrected chi connectivity index (χ3v) is 5.12. The highest BCUT2D eigenvalue weighted by molar-refractivity contribution is 6.30. The Labute approximate surface area is 169 Å². The second-order valence-corrected chi connectivity index (χ2v) is 7.31. The normalized spacial score (nSPS) is 14.1. The summed E-state index contributed by atoms with van der Waals surface area (Å²) in [5.74, 6) is 0.657. The maximum absolute atomic E-state index is 12.8. The highest BCUT2D eigenvalue weighted by Gasteiger charge is 2.19. The van der Waals surface area contributed by atoms with Gasteiger partial charge < -0.3 is 10.2 Å². The third kappa shape index (κ3) is 4.17. The number of hydrogen-bond donors (Lipinski definition) is 1. The van der Waals surface area contributed by atoms with Crippen LogP contribution in [-0.2, 0) is 6.54 Å². The minimum atomic E-state index is -0.118. The summed E-state index contributed by atoms with van der Waals surface area (Å²) >= 11 is 5.93. The maximum atomic E-state index is 12.8. The fourth-order valence-corrected chi connectivity index (χ4v) is 3.52. The van der Waals surface area contributed by atoms with Gasteiger partial charge in [-0.3, -0.25) is 4.79 Å². The number of carbonyl (C=O) groups is 1. The number of aromatic nitrogens is 3. The lowest BCUT2D eigenvalue weighted by Gasteiger charge is -2.29. The van der Waals surface area contributed by atoms with Gasteiger partial charge in [0.1, 0.15) is 5.82 Å². The number of halogens is 1. The van der Waals surface area contributed by atoms with E-state index in [9.17, 15) is 4.79 Å². The van der Waals surface area contributed by atoms with Crippen molar-refractivity contribution in [3.63, 3.8) is 0 Å². The second-order valence-electron chi connectivity index (χ2n) is 6.87. The Hall–Kier alpha value is -2.86. The molecule has 0 spiro atoms. The van der Waals surface area contributed by atoms with E-state index in [4.69, 9.17) is 11.6 Å². The number of piperidine rings is 1. The van der Waals surface area contributed by atoms with Gasteiger partial charge in [0.2, 0.25) is 0 Å². The van der Waals surface area contributed by atoms with Gasteiger partial charge in [-0.25, -0.2) is 9.67 Å². The van der Waals surface area contributed by atoms with Crippen molar-refractivity contribution in [3.8, 4) is 5.69 Å². The predicted octanol–water partition coefficient (Wildman–Crippen LogP) is 3.84. The zero-order valence-corrected chi connectivity index (χ0v) is 16.3. The van der Waals surface area contributed by atoms with Crippen molar-refractivity contribution in [2.24, 2.45) is 0 Å². The van der Waals surface area contributed by atoms with E-state index in [2.05, 4.69) is 20.3 Å². The number of hydrogen-bond acceptors (Lipinski definition) is 4. The van der Waals surface area contributed by atoms with E-state index >= 15 is 0 Å². The molecule has 1 amide bonds. The van der Waals surface area contributed by atoms with Gasteiger partial charge in [0.25, 0.3) is 5.91 Å². The quantitative estimate of drug-likeness (QED) is 0.712. The molecule has 0 aliphatic carbocycles. The Morgan fingerprint density at radius 1 is 1.11 bits per heavy atom. The second kappa shape index (κ2) is 8.44. The number of rotatable bonds is 5. The number of carbonyl (C=O) groups excluding carboxylic acids is 1. The topological polar surface area (TPSA) is 63.1 Å². The van der Waals surface area contributed by atoms with Gasteiger partial charge in [-0.1, -0.05) is 11.6 Å². The van der Waals surface area contributed by atoms with Crippen LogP contribution in [0.25, 0.3) is 5.69 Å². The number of amides is 1. The molecule has 6 nitrogen and oxygen atoms in total. The summed E-state index contributed by atoms with van der Waals surface area (Å²) in [6.45, 7) is 2.30. The molecule has 3 heterocycles. The molecule has 0 bridgehead atoms. The SMILES string of the molecule is O=C(NCc1cnn(-c2ccc(Cl)cc2)c1)c1cccnc1N1CCCCC1. The minimum Gasteiger partial charge on any atom is -0.356 e. The number of anilines is 1. The molecule has 3 aromatic rings. The van der Waals surface area contributed by atoms with Crippen molar-refractivity contribution in [3.05, 3.63) is 71.1 Å². The zero-order chi connectivity index (χ0) is 19.3. The van der Waals surface area contributed by atoms with Crippen LogP contribution >= 0.6 is 11.6 Å². The minimum absolute atomic E-state index is 0.118. The number of nitrogens with one attached hydrogen (secondary N) is 1. The standard InChI is InChI=1S/C21H22ClN5O/c22-17-6-8-18(9-7-17)27-15-16(14-25-27)13-24-21(28)19-5-4-10-23-20(19)26-11-2-1-3-12-26/h4-10,14-15H,1-3,11-13H2,(H,24,28). The molecule has 1 aliphatic rings. The van der Waals surface area contributed by atoms with Crippen molar-refractivity contribution in [2.75, 3.05) is 18.0 Å². The van der Waals surface area contributed by atoms with Crippen LogP contribution in [-0.4, -0.2) is 33.8 Å². The van der Waals surface area contributed by atoms with E-state index in [-0.39, 0.29) is 5.91 Å². The van der Waals surface area contributed by atoms with Crippen LogP contribution in [0.15, 0.2) is 55.0 Å². The molecule has 1 fully saturated rings. The molecule has 1 saturated heterocycles. The molecular weight excluding hydrogens is 374 g/mol. The summed E-state index contributed by atoms with van der Waals surface area (Å²) in [5.41, 5.74) is 2.46. The van der Waals surface area contributed by atoms with Crippen LogP contribution in [0.5, 0.6) is 0 Å². The van der Waals surface area contributed by atoms with E-state index in [1.54, 1.807) is 23.1 Å². The van der Waals surface area contributed by atoms with Crippen LogP contribution in [0.1, 0.15) is 35.2 Å². The first kappa shape index (κ1) is 18.5. The first-order valence-corrected chi connectivity index (χ1v) is 9.86. The molecule has 7 heteroatoms. The summed E-state index contributed by atoms with van der Waals surface area (Å²) in [5, 5.41) is 8.03. The first-order valence-electron chi connectivity index (χ1n) is 9.48. The van der Waals surface area contributed by atoms with Crippen molar-refractivity contribution < 1.29 is 4.79 Å². The lowest BCUT2D eigenvalue weighted by molar-refractivity contribution is 0.0951. The smallest absolute Gasteiger partial charge is 0.255 e. The van der Waals surface area contributed by atoms with E-state index in [1.165, 1.54) is 6.42 Å². The van der Waals surface area contributed by atoms with E-state index in [0.717, 1.165) is 43.0 Å². The molecule has 28 heavy (non-hydrogen) atoms. The van der Waals surface area contributed by atoms with E-state index in [1.807, 2.05) is 36.5 Å². The summed E-state index contributed by atoms with van der Waals surface area (Å²) in [6.07, 6.45) is 8.92. The van der Waals surface area contributed by atoms with Crippen LogP contribution in [0.4, 0.5) is 5.82 Å². The predicted molar refractivity (Wildman–Crippen MR) is 110 cm³/mol. The third-order valence-electron chi connectivity index (χ3n) is 4.87. The van der Waals surface area contributed by atoms with Crippen LogP contribution in [0.2, 0.25) is 5.02 Å². The van der Waals surface area contributed by atoms with Gasteiger partial charge in [-0.2, -0.15) is 5.10 Å². The molecule has 1 aromatic carbocycles. The lowest BCUT2D eigenvalue weighted by atomic mass is 10.1. The summed E-state index contributed by atoms with van der Waals surface area (Å²) < 4.78 is 1.76. The molecular formula is C21H22ClN5O. The Balaban J connectivity index is 1.43. The Kier molecular flexibility index (Phi) is 5.58. The maximum Gasteiger partial charge on any atom is 0.255 e. The van der Waals surface area contributed by atoms with Gasteiger partial charge in [0.15, 0.2) is 0 Å². The molecule has 0 atom stereocenters. The van der Waals surface area contributed by atoms with Crippen LogP contribution < -0.4 is 10.2 Å². The van der Waals surface area contributed by atoms with Gasteiger partial charge in [0.05, 0.1) is 17.4 Å². The Morgan fingerprint density at radius 2 is 1.89 bits per heavy atom. The fraction of sp³-hybridized carbons (Fsp3) is 0.286. The summed E-state index contributed by atoms with van der Waals surface area (Å²) in [7, 11) is 0. The van der Waals surface area contributed by atoms with Crippen molar-refractivity contribution >= 4 is 23.3 Å². The van der Waals surface area contributed by atoms with Crippen molar-refractivity contribution in [1.82, 2.24) is 20.1 Å². The van der Waals surface area contributed by atoms with E-state index < -0.39 is 0 Å². The van der Waals surface area contributed by atoms with Gasteiger partial charge >= 0.3 is 0 Å². The monoisotopic (exact) mass is 395 g/mol. The zero-order valence-electron chi connectivity index (χ0n) is 15.5. The fourth-order valence-electron chi connectivity index (χ4n) is 3.40. The summed E-state index contributed by atoms with van der Waals surface area (Å²) in [4.78, 5) is 19.4. The van der Waals surface area contributed by atoms with Crippen molar-refractivity contribution in [1.29, 1.82) is 0 Å². The molecule has 1 N–H and O–H groups in total. The highest BCUT2D eigenvalue weighted by Crippen LogP contribution is 2.21. The average molecular weight is 396 g/mol. The number of nitrogens with zero attached hydrogens (tertiary/aromatic N) is 4. The first-order chi connectivity index (χ1) is 13.7. The molecule has 0 unspecified atom stereocenters. The van der Waals surface area contributed by atoms with Gasteiger partial charge in [-0.05, 0) is 55.7 Å². The number of pyridine rings is 1. The molecule has 2 aromatic heterocycles.